The van der Waals surface area contributed by atoms with Crippen LogP contribution in [0.2, 0.25) is 0 Å². The van der Waals surface area contributed by atoms with Crippen LogP contribution in [0.15, 0.2) is 28.7 Å². The Morgan fingerprint density at radius 3 is 2.63 bits per heavy atom. The van der Waals surface area contributed by atoms with E-state index in [9.17, 15) is 4.79 Å². The maximum Gasteiger partial charge on any atom is 0.224 e. The molecule has 104 valence electrons. The van der Waals surface area contributed by atoms with Gasteiger partial charge >= 0.3 is 0 Å². The van der Waals surface area contributed by atoms with Crippen LogP contribution < -0.4 is 5.32 Å². The van der Waals surface area contributed by atoms with Gasteiger partial charge in [-0.05, 0) is 17.7 Å². The largest absolute Gasteiger partial charge is 0.378 e. The molecule has 2 rings (SSSR count). The van der Waals surface area contributed by atoms with E-state index in [1.165, 1.54) is 5.56 Å². The number of carbonyl (C=O) groups excluding carboxylic acids is 1. The smallest absolute Gasteiger partial charge is 0.224 e. The second kappa shape index (κ2) is 7.62. The summed E-state index contributed by atoms with van der Waals surface area (Å²) in [5.41, 5.74) is 1.22. The quantitative estimate of drug-likeness (QED) is 0.839. The van der Waals surface area contributed by atoms with E-state index in [0.717, 1.165) is 24.1 Å². The third-order valence-electron chi connectivity index (χ3n) is 3.12. The molecule has 1 aromatic rings. The van der Waals surface area contributed by atoms with Gasteiger partial charge in [-0.2, -0.15) is 0 Å². The lowest BCUT2D eigenvalue weighted by molar-refractivity contribution is -0.135. The average Bonchev–Trinajstić information content (AvgIpc) is 2.46. The van der Waals surface area contributed by atoms with Crippen LogP contribution in [0.1, 0.15) is 12.0 Å². The second-order valence-electron chi connectivity index (χ2n) is 4.55. The van der Waals surface area contributed by atoms with Gasteiger partial charge in [0.2, 0.25) is 5.91 Å². The van der Waals surface area contributed by atoms with Crippen LogP contribution in [0.25, 0.3) is 0 Å². The number of ether oxygens (including phenoxy) is 1. The maximum absolute atomic E-state index is 11.9. The van der Waals surface area contributed by atoms with E-state index >= 15 is 0 Å². The molecule has 0 unspecified atom stereocenters. The maximum atomic E-state index is 11.9. The van der Waals surface area contributed by atoms with E-state index in [0.29, 0.717) is 26.2 Å². The van der Waals surface area contributed by atoms with Crippen LogP contribution in [-0.2, 0) is 16.1 Å². The van der Waals surface area contributed by atoms with Crippen molar-refractivity contribution in [3.8, 4) is 0 Å². The first-order valence-corrected chi connectivity index (χ1v) is 7.36. The van der Waals surface area contributed by atoms with Gasteiger partial charge in [-0.25, -0.2) is 0 Å². The number of hydrogen-bond donors (Lipinski definition) is 1. The molecule has 0 atom stereocenters. The molecule has 1 saturated heterocycles. The summed E-state index contributed by atoms with van der Waals surface area (Å²) >= 11 is 3.41. The number of morpholine rings is 1. The summed E-state index contributed by atoms with van der Waals surface area (Å²) < 4.78 is 6.31. The molecule has 1 heterocycles. The number of nitrogens with zero attached hydrogens (tertiary/aromatic N) is 1. The van der Waals surface area contributed by atoms with Crippen molar-refractivity contribution >= 4 is 21.8 Å². The van der Waals surface area contributed by atoms with Gasteiger partial charge in [0, 0.05) is 37.1 Å². The molecule has 0 saturated carbocycles. The van der Waals surface area contributed by atoms with Crippen molar-refractivity contribution in [2.24, 2.45) is 0 Å². The predicted octanol–water partition coefficient (Wildman–Crippen LogP) is 1.79. The number of halogens is 1. The van der Waals surface area contributed by atoms with E-state index in [1.54, 1.807) is 0 Å². The highest BCUT2D eigenvalue weighted by atomic mass is 79.9. The van der Waals surface area contributed by atoms with Gasteiger partial charge in [-0.3, -0.25) is 4.79 Å². The summed E-state index contributed by atoms with van der Waals surface area (Å²) in [7, 11) is 0. The molecule has 0 spiro atoms. The first-order valence-electron chi connectivity index (χ1n) is 6.56. The molecule has 5 heteroatoms. The summed E-state index contributed by atoms with van der Waals surface area (Å²) in [5.74, 6) is 0.214. The normalized spacial score (nSPS) is 15.5. The molecule has 1 fully saturated rings. The fourth-order valence-electron chi connectivity index (χ4n) is 2.00. The molecule has 0 bridgehead atoms. The number of nitrogens with one attached hydrogen (secondary N) is 1. The summed E-state index contributed by atoms with van der Waals surface area (Å²) in [4.78, 5) is 13.8. The summed E-state index contributed by atoms with van der Waals surface area (Å²) in [5, 5.41) is 3.30. The van der Waals surface area contributed by atoms with E-state index < -0.39 is 0 Å². The van der Waals surface area contributed by atoms with Gasteiger partial charge in [0.25, 0.3) is 0 Å². The molecule has 19 heavy (non-hydrogen) atoms. The third kappa shape index (κ3) is 4.93. The minimum atomic E-state index is 0.214. The lowest BCUT2D eigenvalue weighted by Crippen LogP contribution is -2.41. The van der Waals surface area contributed by atoms with Gasteiger partial charge < -0.3 is 15.0 Å². The van der Waals surface area contributed by atoms with Gasteiger partial charge in [-0.1, -0.05) is 28.1 Å². The fraction of sp³-hybridized carbons (Fsp3) is 0.500. The van der Waals surface area contributed by atoms with Crippen molar-refractivity contribution in [1.82, 2.24) is 10.2 Å². The van der Waals surface area contributed by atoms with Crippen molar-refractivity contribution in [2.75, 3.05) is 32.8 Å². The van der Waals surface area contributed by atoms with Crippen molar-refractivity contribution in [1.29, 1.82) is 0 Å². The molecule has 1 N–H and O–H groups in total. The Bertz CT molecular complexity index is 402. The van der Waals surface area contributed by atoms with Gasteiger partial charge in [0.05, 0.1) is 13.2 Å². The Morgan fingerprint density at radius 1 is 1.26 bits per heavy atom. The van der Waals surface area contributed by atoms with E-state index in [-0.39, 0.29) is 5.91 Å². The topological polar surface area (TPSA) is 41.6 Å². The fourth-order valence-corrected chi connectivity index (χ4v) is 2.27. The predicted molar refractivity (Wildman–Crippen MR) is 77.9 cm³/mol. The number of benzene rings is 1. The highest BCUT2D eigenvalue weighted by Crippen LogP contribution is 2.10. The molecular formula is C14H19BrN2O2. The zero-order valence-corrected chi connectivity index (χ0v) is 12.5. The van der Waals surface area contributed by atoms with Crippen LogP contribution in [0, 0.1) is 0 Å². The zero-order chi connectivity index (χ0) is 13.5. The van der Waals surface area contributed by atoms with E-state index in [2.05, 4.69) is 33.4 Å². The van der Waals surface area contributed by atoms with Crippen molar-refractivity contribution < 1.29 is 9.53 Å². The molecule has 4 nitrogen and oxygen atoms in total. The van der Waals surface area contributed by atoms with Crippen molar-refractivity contribution in [3.05, 3.63) is 34.3 Å². The van der Waals surface area contributed by atoms with Gasteiger partial charge in [-0.15, -0.1) is 0 Å². The summed E-state index contributed by atoms with van der Waals surface area (Å²) in [6.07, 6.45) is 0.552. The monoisotopic (exact) mass is 326 g/mol. The van der Waals surface area contributed by atoms with Gasteiger partial charge in [0.1, 0.15) is 0 Å². The average molecular weight is 327 g/mol. The lowest BCUT2D eigenvalue weighted by atomic mass is 10.2. The Balaban J connectivity index is 1.63. The Hall–Kier alpha value is -0.910. The molecule has 0 aromatic heterocycles. The van der Waals surface area contributed by atoms with E-state index in [1.807, 2.05) is 17.0 Å². The molecule has 0 aliphatic carbocycles. The molecule has 1 aliphatic heterocycles. The Morgan fingerprint density at radius 2 is 1.95 bits per heavy atom. The molecule has 1 aromatic carbocycles. The highest BCUT2D eigenvalue weighted by Gasteiger charge is 2.15. The second-order valence-corrected chi connectivity index (χ2v) is 5.46. The molecule has 1 amide bonds. The highest BCUT2D eigenvalue weighted by molar-refractivity contribution is 9.10. The van der Waals surface area contributed by atoms with Crippen molar-refractivity contribution in [2.45, 2.75) is 13.0 Å². The minimum absolute atomic E-state index is 0.214. The number of hydrogen-bond acceptors (Lipinski definition) is 3. The van der Waals surface area contributed by atoms with Crippen LogP contribution in [0.3, 0.4) is 0 Å². The first-order chi connectivity index (χ1) is 9.25. The number of amides is 1. The lowest BCUT2D eigenvalue weighted by Gasteiger charge is -2.26. The summed E-state index contributed by atoms with van der Waals surface area (Å²) in [6.45, 7) is 4.29. The molecular weight excluding hydrogens is 308 g/mol. The third-order valence-corrected chi connectivity index (χ3v) is 3.65. The van der Waals surface area contributed by atoms with Crippen LogP contribution in [-0.4, -0.2) is 43.7 Å². The minimum Gasteiger partial charge on any atom is -0.378 e. The SMILES string of the molecule is O=C(CCNCc1ccc(Br)cc1)N1CCOCC1. The van der Waals surface area contributed by atoms with Crippen LogP contribution in [0.5, 0.6) is 0 Å². The Kier molecular flexibility index (Phi) is 5.82. The summed E-state index contributed by atoms with van der Waals surface area (Å²) in [6, 6.07) is 8.19. The number of rotatable bonds is 5. The molecule has 0 radical (unpaired) electrons. The number of carbonyl (C=O) groups is 1. The molecule has 1 aliphatic rings. The van der Waals surface area contributed by atoms with Crippen LogP contribution in [0.4, 0.5) is 0 Å². The Labute approximate surface area is 122 Å². The first kappa shape index (κ1) is 14.5. The van der Waals surface area contributed by atoms with Crippen molar-refractivity contribution in [3.63, 3.8) is 0 Å². The zero-order valence-electron chi connectivity index (χ0n) is 10.9. The van der Waals surface area contributed by atoms with Gasteiger partial charge in [0.15, 0.2) is 0 Å². The standard InChI is InChI=1S/C14H19BrN2O2/c15-13-3-1-12(2-4-13)11-16-6-5-14(18)17-7-9-19-10-8-17/h1-4,16H,5-11H2. The van der Waals surface area contributed by atoms with E-state index in [4.69, 9.17) is 4.74 Å². The van der Waals surface area contributed by atoms with Crippen LogP contribution >= 0.6 is 15.9 Å².